The molecule has 4 nitrogen and oxygen atoms in total. The van der Waals surface area contributed by atoms with Gasteiger partial charge in [-0.25, -0.2) is 0 Å². The second-order valence-corrected chi connectivity index (χ2v) is 7.77. The largest absolute Gasteiger partial charge is 0.341 e. The molecule has 1 aromatic carbocycles. The van der Waals surface area contributed by atoms with E-state index in [2.05, 4.69) is 28.9 Å². The quantitative estimate of drug-likeness (QED) is 0.840. The second kappa shape index (κ2) is 6.41. The van der Waals surface area contributed by atoms with Crippen LogP contribution < -0.4 is 0 Å². The Labute approximate surface area is 149 Å². The highest BCUT2D eigenvalue weighted by molar-refractivity contribution is 5.92. The lowest BCUT2D eigenvalue weighted by atomic mass is 9.94. The molecule has 1 saturated carbocycles. The molecule has 1 aromatic heterocycles. The predicted octanol–water partition coefficient (Wildman–Crippen LogP) is 3.21. The summed E-state index contributed by atoms with van der Waals surface area (Å²) in [6.45, 7) is 5.50. The van der Waals surface area contributed by atoms with Gasteiger partial charge in [0.1, 0.15) is 0 Å². The van der Waals surface area contributed by atoms with Crippen molar-refractivity contribution < 1.29 is 4.79 Å². The first-order valence-electron chi connectivity index (χ1n) is 9.45. The van der Waals surface area contributed by atoms with Gasteiger partial charge in [-0.1, -0.05) is 18.2 Å². The number of likely N-dealkylation sites (tertiary alicyclic amines) is 1. The number of amides is 1. The molecule has 2 heterocycles. The van der Waals surface area contributed by atoms with Crippen LogP contribution in [-0.2, 0) is 10.2 Å². The Hall–Kier alpha value is -1.94. The number of pyridine rings is 1. The topological polar surface area (TPSA) is 36.4 Å². The molecule has 1 atom stereocenters. The van der Waals surface area contributed by atoms with Gasteiger partial charge in [-0.05, 0) is 63.4 Å². The van der Waals surface area contributed by atoms with Crippen molar-refractivity contribution in [3.05, 3.63) is 42.1 Å². The molecule has 2 aromatic rings. The smallest absolute Gasteiger partial charge is 0.233 e. The van der Waals surface area contributed by atoms with Gasteiger partial charge in [-0.15, -0.1) is 0 Å². The number of aromatic nitrogens is 1. The van der Waals surface area contributed by atoms with Crippen LogP contribution in [0.4, 0.5) is 0 Å². The third-order valence-corrected chi connectivity index (χ3v) is 6.01. The number of rotatable bonds is 5. The summed E-state index contributed by atoms with van der Waals surface area (Å²) in [6, 6.07) is 10.5. The van der Waals surface area contributed by atoms with E-state index >= 15 is 0 Å². The van der Waals surface area contributed by atoms with Crippen LogP contribution in [0.15, 0.2) is 36.5 Å². The highest BCUT2D eigenvalue weighted by Crippen LogP contribution is 2.50. The number of carbonyl (C=O) groups excluding carboxylic acids is 1. The Morgan fingerprint density at radius 2 is 2.00 bits per heavy atom. The molecule has 0 spiro atoms. The SMILES string of the molecule is C[C@@H](CN1CCCC1)N(C)C(=O)C1(c2cnc3ccccc3c2)CC1. The molecule has 4 rings (SSSR count). The summed E-state index contributed by atoms with van der Waals surface area (Å²) >= 11 is 0. The zero-order valence-corrected chi connectivity index (χ0v) is 15.2. The lowest BCUT2D eigenvalue weighted by Crippen LogP contribution is -2.46. The van der Waals surface area contributed by atoms with Crippen LogP contribution in [0.1, 0.15) is 38.2 Å². The Morgan fingerprint density at radius 1 is 1.28 bits per heavy atom. The van der Waals surface area contributed by atoms with Crippen LogP contribution in [0.5, 0.6) is 0 Å². The second-order valence-electron chi connectivity index (χ2n) is 7.77. The van der Waals surface area contributed by atoms with E-state index in [-0.39, 0.29) is 17.4 Å². The molecule has 1 aliphatic carbocycles. The van der Waals surface area contributed by atoms with Crippen LogP contribution in [0.2, 0.25) is 0 Å². The molecule has 1 amide bonds. The van der Waals surface area contributed by atoms with Crippen molar-refractivity contribution in [3.8, 4) is 0 Å². The highest BCUT2D eigenvalue weighted by atomic mass is 16.2. The molecule has 132 valence electrons. The average Bonchev–Trinajstić information content (AvgIpc) is 3.30. The number of carbonyl (C=O) groups is 1. The minimum Gasteiger partial charge on any atom is -0.341 e. The first-order chi connectivity index (χ1) is 12.1. The van der Waals surface area contributed by atoms with Crippen molar-refractivity contribution in [2.45, 2.75) is 44.1 Å². The number of hydrogen-bond acceptors (Lipinski definition) is 3. The van der Waals surface area contributed by atoms with Gasteiger partial charge in [0.2, 0.25) is 5.91 Å². The van der Waals surface area contributed by atoms with Gasteiger partial charge < -0.3 is 9.80 Å². The molecule has 0 bridgehead atoms. The van der Waals surface area contributed by atoms with Gasteiger partial charge >= 0.3 is 0 Å². The Balaban J connectivity index is 1.53. The maximum atomic E-state index is 13.3. The Morgan fingerprint density at radius 3 is 2.72 bits per heavy atom. The summed E-state index contributed by atoms with van der Waals surface area (Å²) in [5.74, 6) is 0.260. The molecule has 1 saturated heterocycles. The molecule has 0 radical (unpaired) electrons. The lowest BCUT2D eigenvalue weighted by molar-refractivity contribution is -0.134. The van der Waals surface area contributed by atoms with Crippen molar-refractivity contribution in [3.63, 3.8) is 0 Å². The summed E-state index contributed by atoms with van der Waals surface area (Å²) in [7, 11) is 1.97. The lowest BCUT2D eigenvalue weighted by Gasteiger charge is -2.32. The summed E-state index contributed by atoms with van der Waals surface area (Å²) in [4.78, 5) is 22.3. The summed E-state index contributed by atoms with van der Waals surface area (Å²) in [5.41, 5.74) is 1.73. The van der Waals surface area contributed by atoms with Crippen LogP contribution in [-0.4, -0.2) is 53.4 Å². The monoisotopic (exact) mass is 337 g/mol. The third-order valence-electron chi connectivity index (χ3n) is 6.01. The predicted molar refractivity (Wildman–Crippen MR) is 101 cm³/mol. The zero-order valence-electron chi connectivity index (χ0n) is 15.2. The van der Waals surface area contributed by atoms with E-state index in [4.69, 9.17) is 0 Å². The zero-order chi connectivity index (χ0) is 17.4. The van der Waals surface area contributed by atoms with Crippen LogP contribution in [0, 0.1) is 0 Å². The van der Waals surface area contributed by atoms with Crippen LogP contribution >= 0.6 is 0 Å². The van der Waals surface area contributed by atoms with Gasteiger partial charge in [0.05, 0.1) is 10.9 Å². The van der Waals surface area contributed by atoms with Gasteiger partial charge in [0, 0.05) is 31.2 Å². The van der Waals surface area contributed by atoms with E-state index < -0.39 is 0 Å². The van der Waals surface area contributed by atoms with Crippen molar-refractivity contribution in [2.75, 3.05) is 26.7 Å². The summed E-state index contributed by atoms with van der Waals surface area (Å²) in [5, 5.41) is 1.12. The van der Waals surface area contributed by atoms with Crippen LogP contribution in [0.25, 0.3) is 10.9 Å². The maximum Gasteiger partial charge on any atom is 0.233 e. The standard InChI is InChI=1S/C21H27N3O/c1-16(15-24-11-5-6-12-24)23(2)20(25)21(9-10-21)18-13-17-7-3-4-8-19(17)22-14-18/h3-4,7-8,13-14,16H,5-6,9-12,15H2,1-2H3/t16-/m0/s1. The maximum absolute atomic E-state index is 13.3. The van der Waals surface area contributed by atoms with Gasteiger partial charge in [-0.3, -0.25) is 9.78 Å². The number of benzene rings is 1. The van der Waals surface area contributed by atoms with E-state index in [1.165, 1.54) is 25.9 Å². The minimum absolute atomic E-state index is 0.247. The third kappa shape index (κ3) is 3.04. The molecule has 0 N–H and O–H groups in total. The molecule has 25 heavy (non-hydrogen) atoms. The fourth-order valence-electron chi connectivity index (χ4n) is 4.08. The van der Waals surface area contributed by atoms with Gasteiger partial charge in [0.25, 0.3) is 0 Å². The first-order valence-corrected chi connectivity index (χ1v) is 9.45. The van der Waals surface area contributed by atoms with E-state index in [9.17, 15) is 4.79 Å². The molecule has 4 heteroatoms. The molecule has 0 unspecified atom stereocenters. The number of nitrogens with zero attached hydrogens (tertiary/aromatic N) is 3. The van der Waals surface area contributed by atoms with Crippen molar-refractivity contribution in [1.29, 1.82) is 0 Å². The first kappa shape index (κ1) is 16.5. The number of fused-ring (bicyclic) bond motifs is 1. The molecule has 2 aliphatic rings. The van der Waals surface area contributed by atoms with E-state index in [1.807, 2.05) is 36.3 Å². The van der Waals surface area contributed by atoms with Gasteiger partial charge in [-0.2, -0.15) is 0 Å². The van der Waals surface area contributed by atoms with Crippen molar-refractivity contribution >= 4 is 16.8 Å². The summed E-state index contributed by atoms with van der Waals surface area (Å²) in [6.07, 6.45) is 6.36. The molecular weight excluding hydrogens is 310 g/mol. The number of hydrogen-bond donors (Lipinski definition) is 0. The van der Waals surface area contributed by atoms with E-state index in [0.717, 1.165) is 35.9 Å². The minimum atomic E-state index is -0.342. The number of likely N-dealkylation sites (N-methyl/N-ethyl adjacent to an activating group) is 1. The number of para-hydroxylation sites is 1. The Bertz CT molecular complexity index is 778. The van der Waals surface area contributed by atoms with Crippen molar-refractivity contribution in [2.24, 2.45) is 0 Å². The highest BCUT2D eigenvalue weighted by Gasteiger charge is 2.53. The van der Waals surface area contributed by atoms with Gasteiger partial charge in [0.15, 0.2) is 0 Å². The molecule has 1 aliphatic heterocycles. The van der Waals surface area contributed by atoms with Crippen molar-refractivity contribution in [1.82, 2.24) is 14.8 Å². The van der Waals surface area contributed by atoms with E-state index in [0.29, 0.717) is 0 Å². The molecule has 2 fully saturated rings. The fourth-order valence-corrected chi connectivity index (χ4v) is 4.08. The molecular formula is C21H27N3O. The normalized spacial score (nSPS) is 20.6. The Kier molecular flexibility index (Phi) is 4.24. The van der Waals surface area contributed by atoms with E-state index in [1.54, 1.807) is 0 Å². The summed E-state index contributed by atoms with van der Waals surface area (Å²) < 4.78 is 0. The van der Waals surface area contributed by atoms with Crippen LogP contribution in [0.3, 0.4) is 0 Å². The average molecular weight is 337 g/mol. The fraction of sp³-hybridized carbons (Fsp3) is 0.524.